The minimum Gasteiger partial charge on any atom is -0.339 e. The fraction of sp³-hybridized carbons (Fsp3) is 0.421. The monoisotopic (exact) mass is 369 g/mol. The van der Waals surface area contributed by atoms with Gasteiger partial charge in [-0.3, -0.25) is 9.58 Å². The van der Waals surface area contributed by atoms with E-state index in [0.29, 0.717) is 11.8 Å². The predicted octanol–water partition coefficient (Wildman–Crippen LogP) is 2.78. The first-order valence-electron chi connectivity index (χ1n) is 9.33. The Balaban J connectivity index is 1.64. The average molecular weight is 369 g/mol. The lowest BCUT2D eigenvalue weighted by atomic mass is 10.3. The molecule has 1 aliphatic heterocycles. The van der Waals surface area contributed by atoms with Gasteiger partial charge >= 0.3 is 0 Å². The Bertz CT molecular complexity index is 914. The standard InChI is InChI=1S/C19H24FN7/c1-3-8-26-9-11-27(12-10-26)19-23-17(16-13-21-25(2)18(16)24-19)22-15-6-4-14(20)5-7-15/h4-7,13H,3,8-12H2,1-2H3,(H,22,23,24). The van der Waals surface area contributed by atoms with E-state index in [1.807, 2.05) is 7.05 Å². The second kappa shape index (κ2) is 7.48. The van der Waals surface area contributed by atoms with Crippen LogP contribution in [0.3, 0.4) is 0 Å². The highest BCUT2D eigenvalue weighted by Gasteiger charge is 2.21. The van der Waals surface area contributed by atoms with Crippen LogP contribution in [-0.4, -0.2) is 57.4 Å². The van der Waals surface area contributed by atoms with Gasteiger partial charge in [0.15, 0.2) is 5.65 Å². The minimum atomic E-state index is -0.264. The van der Waals surface area contributed by atoms with Gasteiger partial charge in [0.05, 0.1) is 11.6 Å². The summed E-state index contributed by atoms with van der Waals surface area (Å²) in [6.07, 6.45) is 2.92. The van der Waals surface area contributed by atoms with Crippen LogP contribution in [0.25, 0.3) is 11.0 Å². The van der Waals surface area contributed by atoms with Crippen molar-refractivity contribution in [3.63, 3.8) is 0 Å². The summed E-state index contributed by atoms with van der Waals surface area (Å²) in [6.45, 7) is 7.17. The number of halogens is 1. The molecule has 0 spiro atoms. The van der Waals surface area contributed by atoms with E-state index in [4.69, 9.17) is 9.97 Å². The van der Waals surface area contributed by atoms with Crippen molar-refractivity contribution in [2.24, 2.45) is 7.05 Å². The van der Waals surface area contributed by atoms with Crippen molar-refractivity contribution < 1.29 is 4.39 Å². The number of nitrogens with one attached hydrogen (secondary N) is 1. The van der Waals surface area contributed by atoms with Crippen LogP contribution < -0.4 is 10.2 Å². The summed E-state index contributed by atoms with van der Waals surface area (Å²) in [4.78, 5) is 14.2. The molecule has 1 aliphatic rings. The van der Waals surface area contributed by atoms with E-state index in [2.05, 4.69) is 27.1 Å². The van der Waals surface area contributed by atoms with Gasteiger partial charge in [0.1, 0.15) is 11.6 Å². The molecule has 1 fully saturated rings. The van der Waals surface area contributed by atoms with Crippen LogP contribution in [0.4, 0.5) is 21.8 Å². The zero-order chi connectivity index (χ0) is 18.8. The Hall–Kier alpha value is -2.74. The van der Waals surface area contributed by atoms with Crippen molar-refractivity contribution in [1.29, 1.82) is 0 Å². The van der Waals surface area contributed by atoms with Crippen LogP contribution in [-0.2, 0) is 7.05 Å². The SMILES string of the molecule is CCCN1CCN(c2nc(Nc3ccc(F)cc3)c3cnn(C)c3n2)CC1. The molecular formula is C19H24FN7. The summed E-state index contributed by atoms with van der Waals surface area (Å²) in [7, 11) is 1.87. The van der Waals surface area contributed by atoms with Crippen LogP contribution >= 0.6 is 0 Å². The van der Waals surface area contributed by atoms with Crippen LogP contribution in [0.2, 0.25) is 0 Å². The van der Waals surface area contributed by atoms with Gasteiger partial charge in [0.2, 0.25) is 5.95 Å². The number of piperazine rings is 1. The maximum absolute atomic E-state index is 13.2. The van der Waals surface area contributed by atoms with Gasteiger partial charge in [-0.15, -0.1) is 0 Å². The summed E-state index contributed by atoms with van der Waals surface area (Å²) in [6, 6.07) is 6.25. The number of hydrogen-bond donors (Lipinski definition) is 1. The number of benzene rings is 1. The third-order valence-electron chi connectivity index (χ3n) is 4.88. The third-order valence-corrected chi connectivity index (χ3v) is 4.88. The fourth-order valence-electron chi connectivity index (χ4n) is 3.41. The smallest absolute Gasteiger partial charge is 0.229 e. The minimum absolute atomic E-state index is 0.264. The Labute approximate surface area is 157 Å². The fourth-order valence-corrected chi connectivity index (χ4v) is 3.41. The first kappa shape index (κ1) is 17.7. The maximum atomic E-state index is 13.2. The van der Waals surface area contributed by atoms with E-state index >= 15 is 0 Å². The Morgan fingerprint density at radius 3 is 2.52 bits per heavy atom. The number of hydrogen-bond acceptors (Lipinski definition) is 6. The molecule has 0 saturated carbocycles. The highest BCUT2D eigenvalue weighted by molar-refractivity contribution is 5.89. The quantitative estimate of drug-likeness (QED) is 0.746. The van der Waals surface area contributed by atoms with Crippen LogP contribution in [0.1, 0.15) is 13.3 Å². The summed E-state index contributed by atoms with van der Waals surface area (Å²) >= 11 is 0. The second-order valence-electron chi connectivity index (χ2n) is 6.84. The summed E-state index contributed by atoms with van der Waals surface area (Å²) in [5.41, 5.74) is 1.56. The average Bonchev–Trinajstić information content (AvgIpc) is 3.06. The van der Waals surface area contributed by atoms with E-state index < -0.39 is 0 Å². The van der Waals surface area contributed by atoms with Gasteiger partial charge in [-0.05, 0) is 37.2 Å². The number of fused-ring (bicyclic) bond motifs is 1. The molecule has 1 N–H and O–H groups in total. The molecule has 0 amide bonds. The topological polar surface area (TPSA) is 62.1 Å². The van der Waals surface area contributed by atoms with Gasteiger partial charge in [-0.2, -0.15) is 15.1 Å². The number of aromatic nitrogens is 4. The molecule has 7 nitrogen and oxygen atoms in total. The first-order chi connectivity index (χ1) is 13.1. The normalized spacial score (nSPS) is 15.4. The van der Waals surface area contributed by atoms with Gasteiger partial charge in [-0.25, -0.2) is 4.39 Å². The van der Waals surface area contributed by atoms with E-state index in [-0.39, 0.29) is 5.82 Å². The van der Waals surface area contributed by atoms with Crippen molar-refractivity contribution in [3.05, 3.63) is 36.3 Å². The van der Waals surface area contributed by atoms with E-state index in [1.54, 1.807) is 23.0 Å². The Morgan fingerprint density at radius 1 is 1.07 bits per heavy atom. The highest BCUT2D eigenvalue weighted by Crippen LogP contribution is 2.26. The number of anilines is 3. The molecular weight excluding hydrogens is 345 g/mol. The van der Waals surface area contributed by atoms with Gasteiger partial charge in [0, 0.05) is 38.9 Å². The second-order valence-corrected chi connectivity index (χ2v) is 6.84. The molecule has 1 aromatic carbocycles. The van der Waals surface area contributed by atoms with Gasteiger partial charge in [-0.1, -0.05) is 6.92 Å². The Morgan fingerprint density at radius 2 is 1.81 bits per heavy atom. The Kier molecular flexibility index (Phi) is 4.89. The molecule has 4 rings (SSSR count). The van der Waals surface area contributed by atoms with Crippen molar-refractivity contribution in [2.75, 3.05) is 42.9 Å². The molecule has 27 heavy (non-hydrogen) atoms. The molecule has 0 aliphatic carbocycles. The summed E-state index contributed by atoms with van der Waals surface area (Å²) in [5.74, 6) is 1.12. The molecule has 2 aromatic heterocycles. The molecule has 3 aromatic rings. The van der Waals surface area contributed by atoms with Crippen LogP contribution in [0, 0.1) is 5.82 Å². The number of nitrogens with zero attached hydrogens (tertiary/aromatic N) is 6. The van der Waals surface area contributed by atoms with E-state index in [0.717, 1.165) is 49.4 Å². The van der Waals surface area contributed by atoms with Gasteiger partial charge < -0.3 is 10.2 Å². The lowest BCUT2D eigenvalue weighted by Gasteiger charge is -2.34. The lowest BCUT2D eigenvalue weighted by Crippen LogP contribution is -2.47. The zero-order valence-electron chi connectivity index (χ0n) is 15.7. The molecule has 0 bridgehead atoms. The first-order valence-corrected chi connectivity index (χ1v) is 9.33. The van der Waals surface area contributed by atoms with Crippen LogP contribution in [0.5, 0.6) is 0 Å². The largest absolute Gasteiger partial charge is 0.339 e. The van der Waals surface area contributed by atoms with E-state index in [9.17, 15) is 4.39 Å². The molecule has 0 atom stereocenters. The third kappa shape index (κ3) is 3.71. The van der Waals surface area contributed by atoms with Crippen molar-refractivity contribution in [1.82, 2.24) is 24.6 Å². The summed E-state index contributed by atoms with van der Waals surface area (Å²) in [5, 5.41) is 8.45. The maximum Gasteiger partial charge on any atom is 0.229 e. The zero-order valence-corrected chi connectivity index (χ0v) is 15.7. The molecule has 8 heteroatoms. The van der Waals surface area contributed by atoms with Crippen molar-refractivity contribution >= 4 is 28.5 Å². The molecule has 0 radical (unpaired) electrons. The van der Waals surface area contributed by atoms with Gasteiger partial charge in [0.25, 0.3) is 0 Å². The van der Waals surface area contributed by atoms with E-state index in [1.165, 1.54) is 18.6 Å². The number of aryl methyl sites for hydroxylation is 1. The predicted molar refractivity (Wildman–Crippen MR) is 105 cm³/mol. The lowest BCUT2D eigenvalue weighted by molar-refractivity contribution is 0.257. The molecule has 3 heterocycles. The van der Waals surface area contributed by atoms with Crippen LogP contribution in [0.15, 0.2) is 30.5 Å². The molecule has 142 valence electrons. The molecule has 1 saturated heterocycles. The highest BCUT2D eigenvalue weighted by atomic mass is 19.1. The molecule has 0 unspecified atom stereocenters. The summed E-state index contributed by atoms with van der Waals surface area (Å²) < 4.78 is 15.0. The number of rotatable bonds is 5. The van der Waals surface area contributed by atoms with Crippen molar-refractivity contribution in [2.45, 2.75) is 13.3 Å². The van der Waals surface area contributed by atoms with Crippen molar-refractivity contribution in [3.8, 4) is 0 Å².